The number of hydrogen-bond acceptors (Lipinski definition) is 0. The van der Waals surface area contributed by atoms with Crippen molar-refractivity contribution in [2.45, 2.75) is 33.1 Å². The minimum Gasteiger partial charge on any atom is -0.0801 e. The van der Waals surface area contributed by atoms with Crippen LogP contribution in [-0.4, -0.2) is 0 Å². The van der Waals surface area contributed by atoms with E-state index in [1.54, 1.807) is 0 Å². The predicted octanol–water partition coefficient (Wildman–Crippen LogP) is 5.39. The van der Waals surface area contributed by atoms with Crippen LogP contribution in [0.15, 0.2) is 60.2 Å². The first-order chi connectivity index (χ1) is 8.81. The summed E-state index contributed by atoms with van der Waals surface area (Å²) in [6.45, 7) is 4.61. The molecular formula is C18H22. The summed E-state index contributed by atoms with van der Waals surface area (Å²) in [4.78, 5) is 0. The van der Waals surface area contributed by atoms with Crippen molar-refractivity contribution in [1.29, 1.82) is 0 Å². The molecule has 0 aromatic heterocycles. The molecule has 0 saturated heterocycles. The highest BCUT2D eigenvalue weighted by Crippen LogP contribution is 2.30. The van der Waals surface area contributed by atoms with Gasteiger partial charge < -0.3 is 0 Å². The van der Waals surface area contributed by atoms with E-state index in [1.165, 1.54) is 29.6 Å². The lowest BCUT2D eigenvalue weighted by Gasteiger charge is -2.17. The molecule has 1 aliphatic carbocycles. The summed E-state index contributed by atoms with van der Waals surface area (Å²) in [5.41, 5.74) is 4.38. The van der Waals surface area contributed by atoms with Gasteiger partial charge in [-0.25, -0.2) is 0 Å². The lowest BCUT2D eigenvalue weighted by atomic mass is 9.88. The smallest absolute Gasteiger partial charge is 0.00914 e. The van der Waals surface area contributed by atoms with Gasteiger partial charge in [-0.15, -0.1) is 0 Å². The van der Waals surface area contributed by atoms with Crippen LogP contribution in [0.1, 0.15) is 38.7 Å². The van der Waals surface area contributed by atoms with Crippen molar-refractivity contribution in [3.63, 3.8) is 0 Å². The molecule has 1 aliphatic rings. The largest absolute Gasteiger partial charge is 0.0801 e. The minimum absolute atomic E-state index is 0.743. The third kappa shape index (κ3) is 3.22. The Labute approximate surface area is 111 Å². The maximum atomic E-state index is 2.34. The molecule has 0 heteroatoms. The molecule has 0 fully saturated rings. The van der Waals surface area contributed by atoms with Gasteiger partial charge in [-0.3, -0.25) is 0 Å². The molecule has 1 atom stereocenters. The summed E-state index contributed by atoms with van der Waals surface area (Å²) in [5, 5.41) is 0. The second-order valence-electron chi connectivity index (χ2n) is 5.08. The molecule has 1 unspecified atom stereocenters. The van der Waals surface area contributed by atoms with E-state index in [4.69, 9.17) is 0 Å². The van der Waals surface area contributed by atoms with Gasteiger partial charge in [0.15, 0.2) is 0 Å². The van der Waals surface area contributed by atoms with Crippen molar-refractivity contribution in [2.75, 3.05) is 0 Å². The molecule has 1 aromatic carbocycles. The van der Waals surface area contributed by atoms with Crippen LogP contribution in [0.4, 0.5) is 0 Å². The van der Waals surface area contributed by atoms with Crippen molar-refractivity contribution >= 4 is 5.57 Å². The molecule has 94 valence electrons. The Hall–Kier alpha value is -1.56. The zero-order valence-electron chi connectivity index (χ0n) is 11.4. The van der Waals surface area contributed by atoms with Crippen LogP contribution in [0.5, 0.6) is 0 Å². The Bertz CT molecular complexity index is 460. The Morgan fingerprint density at radius 3 is 2.56 bits per heavy atom. The normalized spacial score (nSPS) is 18.8. The van der Waals surface area contributed by atoms with E-state index in [0.717, 1.165) is 12.3 Å². The number of hydrogen-bond donors (Lipinski definition) is 0. The van der Waals surface area contributed by atoms with Gasteiger partial charge in [-0.1, -0.05) is 74.9 Å². The van der Waals surface area contributed by atoms with Gasteiger partial charge in [-0.05, 0) is 35.5 Å². The van der Waals surface area contributed by atoms with Crippen LogP contribution in [-0.2, 0) is 0 Å². The highest BCUT2D eigenvalue weighted by molar-refractivity contribution is 5.71. The van der Waals surface area contributed by atoms with E-state index >= 15 is 0 Å². The first-order valence-electron chi connectivity index (χ1n) is 6.92. The molecule has 0 N–H and O–H groups in total. The zero-order chi connectivity index (χ0) is 12.8. The van der Waals surface area contributed by atoms with Crippen molar-refractivity contribution in [1.82, 2.24) is 0 Å². The highest BCUT2D eigenvalue weighted by atomic mass is 14.2. The molecule has 18 heavy (non-hydrogen) atoms. The fraction of sp³-hybridized carbons (Fsp3) is 0.333. The fourth-order valence-electron chi connectivity index (χ4n) is 2.30. The lowest BCUT2D eigenvalue weighted by molar-refractivity contribution is 0.578. The molecule has 0 amide bonds. The molecule has 2 rings (SSSR count). The number of rotatable bonds is 4. The summed E-state index contributed by atoms with van der Waals surface area (Å²) >= 11 is 0. The van der Waals surface area contributed by atoms with Crippen LogP contribution in [0.25, 0.3) is 5.57 Å². The molecule has 0 spiro atoms. The second-order valence-corrected chi connectivity index (χ2v) is 5.08. The fourth-order valence-corrected chi connectivity index (χ4v) is 2.30. The van der Waals surface area contributed by atoms with Crippen molar-refractivity contribution in [2.24, 2.45) is 5.92 Å². The van der Waals surface area contributed by atoms with Gasteiger partial charge >= 0.3 is 0 Å². The third-order valence-electron chi connectivity index (χ3n) is 3.64. The molecule has 1 aromatic rings. The third-order valence-corrected chi connectivity index (χ3v) is 3.64. The Morgan fingerprint density at radius 2 is 1.94 bits per heavy atom. The summed E-state index contributed by atoms with van der Waals surface area (Å²) in [6.07, 6.45) is 12.3. The molecule has 0 aliphatic heterocycles. The van der Waals surface area contributed by atoms with Crippen molar-refractivity contribution in [3.8, 4) is 0 Å². The summed E-state index contributed by atoms with van der Waals surface area (Å²) < 4.78 is 0. The molecule has 0 radical (unpaired) electrons. The van der Waals surface area contributed by atoms with E-state index in [9.17, 15) is 0 Å². The van der Waals surface area contributed by atoms with Crippen molar-refractivity contribution < 1.29 is 0 Å². The zero-order valence-corrected chi connectivity index (χ0v) is 11.4. The topological polar surface area (TPSA) is 0 Å². The first kappa shape index (κ1) is 12.9. The molecule has 0 heterocycles. The SMILES string of the molecule is CCC(C)CC(=C1C=CC=CC1)c1ccccc1. The van der Waals surface area contributed by atoms with Gasteiger partial charge in [0.25, 0.3) is 0 Å². The monoisotopic (exact) mass is 238 g/mol. The van der Waals surface area contributed by atoms with Gasteiger partial charge in [-0.2, -0.15) is 0 Å². The summed E-state index contributed by atoms with van der Waals surface area (Å²) in [7, 11) is 0. The van der Waals surface area contributed by atoms with Gasteiger partial charge in [0.2, 0.25) is 0 Å². The van der Waals surface area contributed by atoms with Crippen molar-refractivity contribution in [3.05, 3.63) is 65.8 Å². The Morgan fingerprint density at radius 1 is 1.17 bits per heavy atom. The average Bonchev–Trinajstić information content (AvgIpc) is 2.46. The van der Waals surface area contributed by atoms with Gasteiger partial charge in [0.1, 0.15) is 0 Å². The minimum atomic E-state index is 0.743. The second kappa shape index (κ2) is 6.39. The van der Waals surface area contributed by atoms with Gasteiger partial charge in [0.05, 0.1) is 0 Å². The van der Waals surface area contributed by atoms with E-state index in [2.05, 4.69) is 68.5 Å². The quantitative estimate of drug-likeness (QED) is 0.659. The average molecular weight is 238 g/mol. The maximum Gasteiger partial charge on any atom is -0.00914 e. The standard InChI is InChI=1S/C18H22/c1-3-15(2)14-18(16-10-6-4-7-11-16)17-12-8-5-9-13-17/h4-12,15H,3,13-14H2,1-2H3. The number of benzene rings is 1. The first-order valence-corrected chi connectivity index (χ1v) is 6.92. The van der Waals surface area contributed by atoms with E-state index in [0.29, 0.717) is 0 Å². The molecule has 0 saturated carbocycles. The summed E-state index contributed by atoms with van der Waals surface area (Å²) in [5.74, 6) is 0.743. The van der Waals surface area contributed by atoms with Crippen LogP contribution in [0.2, 0.25) is 0 Å². The molecule has 0 nitrogen and oxygen atoms in total. The molecular weight excluding hydrogens is 216 g/mol. The summed E-state index contributed by atoms with van der Waals surface area (Å²) in [6, 6.07) is 10.8. The van der Waals surface area contributed by atoms with Crippen LogP contribution < -0.4 is 0 Å². The maximum absolute atomic E-state index is 2.34. The molecule has 0 bridgehead atoms. The van der Waals surface area contributed by atoms with Gasteiger partial charge in [0, 0.05) is 0 Å². The van der Waals surface area contributed by atoms with E-state index in [-0.39, 0.29) is 0 Å². The van der Waals surface area contributed by atoms with Crippen LogP contribution in [0.3, 0.4) is 0 Å². The predicted molar refractivity (Wildman–Crippen MR) is 80.3 cm³/mol. The Kier molecular flexibility index (Phi) is 4.58. The Balaban J connectivity index is 2.35. The number of allylic oxidation sites excluding steroid dienone is 6. The van der Waals surface area contributed by atoms with Crippen LogP contribution in [0, 0.1) is 5.92 Å². The highest BCUT2D eigenvalue weighted by Gasteiger charge is 2.11. The lowest BCUT2D eigenvalue weighted by Crippen LogP contribution is -1.99. The van der Waals surface area contributed by atoms with Crippen LogP contribution >= 0.6 is 0 Å². The van der Waals surface area contributed by atoms with E-state index < -0.39 is 0 Å². The van der Waals surface area contributed by atoms with E-state index in [1.807, 2.05) is 0 Å².